The number of carbonyl (C=O) groups is 1. The molecule has 2 aromatic rings. The lowest BCUT2D eigenvalue weighted by atomic mass is 10.2. The first-order chi connectivity index (χ1) is 10.3. The minimum atomic E-state index is -3.96. The van der Waals surface area contributed by atoms with E-state index in [0.717, 1.165) is 10.5 Å². The van der Waals surface area contributed by atoms with E-state index in [2.05, 4.69) is 5.16 Å². The molecule has 0 fully saturated rings. The van der Waals surface area contributed by atoms with Crippen LogP contribution in [0.3, 0.4) is 0 Å². The van der Waals surface area contributed by atoms with E-state index in [4.69, 9.17) is 4.52 Å². The Morgan fingerprint density at radius 2 is 1.95 bits per heavy atom. The molecule has 6 nitrogen and oxygen atoms in total. The van der Waals surface area contributed by atoms with Crippen molar-refractivity contribution in [1.29, 1.82) is 0 Å². The van der Waals surface area contributed by atoms with Gasteiger partial charge in [-0.3, -0.25) is 4.79 Å². The molecule has 1 aromatic carbocycles. The van der Waals surface area contributed by atoms with Gasteiger partial charge in [0.1, 0.15) is 5.69 Å². The predicted octanol–water partition coefficient (Wildman–Crippen LogP) is 2.20. The van der Waals surface area contributed by atoms with Crippen LogP contribution >= 0.6 is 11.8 Å². The molecular formula is C14H16N2O4S2. The highest BCUT2D eigenvalue weighted by Crippen LogP contribution is 2.22. The van der Waals surface area contributed by atoms with Crippen molar-refractivity contribution >= 4 is 27.7 Å². The van der Waals surface area contributed by atoms with Gasteiger partial charge in [0, 0.05) is 4.90 Å². The zero-order chi connectivity index (χ0) is 16.3. The van der Waals surface area contributed by atoms with Gasteiger partial charge in [0.2, 0.25) is 5.91 Å². The maximum absolute atomic E-state index is 12.2. The Labute approximate surface area is 133 Å². The largest absolute Gasteiger partial charge is 0.360 e. The molecule has 0 aliphatic heterocycles. The molecular weight excluding hydrogens is 324 g/mol. The average Bonchev–Trinajstić information content (AvgIpc) is 2.77. The molecule has 0 aliphatic carbocycles. The highest BCUT2D eigenvalue weighted by atomic mass is 32.2. The molecule has 0 aliphatic rings. The third kappa shape index (κ3) is 3.69. The highest BCUT2D eigenvalue weighted by Gasteiger charge is 2.26. The number of hydrogen-bond acceptors (Lipinski definition) is 6. The maximum Gasteiger partial charge on any atom is 0.269 e. The van der Waals surface area contributed by atoms with Gasteiger partial charge in [-0.1, -0.05) is 23.4 Å². The molecule has 0 atom stereocenters. The molecule has 22 heavy (non-hydrogen) atoms. The van der Waals surface area contributed by atoms with E-state index >= 15 is 0 Å². The summed E-state index contributed by atoms with van der Waals surface area (Å²) < 4.78 is 31.2. The number of aryl methyl sites for hydroxylation is 3. The van der Waals surface area contributed by atoms with Gasteiger partial charge in [0.05, 0.1) is 5.75 Å². The number of aromatic nitrogens is 1. The lowest BCUT2D eigenvalue weighted by Gasteiger charge is -2.07. The van der Waals surface area contributed by atoms with E-state index < -0.39 is 15.9 Å². The number of nitrogens with zero attached hydrogens (tertiary/aromatic N) is 1. The van der Waals surface area contributed by atoms with Crippen LogP contribution in [0.4, 0.5) is 0 Å². The van der Waals surface area contributed by atoms with E-state index in [0.29, 0.717) is 0 Å². The Balaban J connectivity index is 2.05. The zero-order valence-electron chi connectivity index (χ0n) is 12.4. The Morgan fingerprint density at radius 3 is 2.55 bits per heavy atom. The molecule has 0 saturated carbocycles. The van der Waals surface area contributed by atoms with Gasteiger partial charge in [0.15, 0.2) is 10.7 Å². The van der Waals surface area contributed by atoms with Crippen LogP contribution in [0.15, 0.2) is 38.6 Å². The van der Waals surface area contributed by atoms with Crippen molar-refractivity contribution in [2.75, 3.05) is 5.75 Å². The smallest absolute Gasteiger partial charge is 0.269 e. The van der Waals surface area contributed by atoms with Crippen molar-refractivity contribution < 1.29 is 17.7 Å². The second-order valence-corrected chi connectivity index (χ2v) is 7.37. The summed E-state index contributed by atoms with van der Waals surface area (Å²) in [5, 5.41) is 3.58. The number of hydrogen-bond donors (Lipinski definition) is 1. The molecule has 1 amide bonds. The standard InChI is InChI=1S/C14H16N2O4S2/c1-9-6-4-5-7-12(9)21-8-13(17)16-22(18,19)14-10(2)15-20-11(14)3/h4-7H,8H2,1-3H3,(H,16,17). The highest BCUT2D eigenvalue weighted by molar-refractivity contribution is 8.00. The fourth-order valence-electron chi connectivity index (χ4n) is 1.95. The van der Waals surface area contributed by atoms with E-state index in [1.165, 1.54) is 25.6 Å². The molecule has 1 N–H and O–H groups in total. The normalized spacial score (nSPS) is 11.4. The van der Waals surface area contributed by atoms with Crippen molar-refractivity contribution in [2.45, 2.75) is 30.6 Å². The number of rotatable bonds is 5. The first-order valence-corrected chi connectivity index (χ1v) is 8.95. The maximum atomic E-state index is 12.2. The molecule has 0 bridgehead atoms. The van der Waals surface area contributed by atoms with Crippen LogP contribution in [0.25, 0.3) is 0 Å². The average molecular weight is 340 g/mol. The van der Waals surface area contributed by atoms with Gasteiger partial charge < -0.3 is 4.52 Å². The second kappa shape index (κ2) is 6.53. The molecule has 8 heteroatoms. The van der Waals surface area contributed by atoms with Crippen LogP contribution in [-0.4, -0.2) is 25.2 Å². The van der Waals surface area contributed by atoms with Gasteiger partial charge in [-0.2, -0.15) is 0 Å². The summed E-state index contributed by atoms with van der Waals surface area (Å²) in [5.74, 6) is -0.425. The molecule has 0 saturated heterocycles. The third-order valence-corrected chi connectivity index (χ3v) is 5.73. The first-order valence-electron chi connectivity index (χ1n) is 6.48. The molecule has 2 rings (SSSR count). The van der Waals surface area contributed by atoms with Crippen molar-refractivity contribution in [3.63, 3.8) is 0 Å². The van der Waals surface area contributed by atoms with Crippen molar-refractivity contribution in [1.82, 2.24) is 9.88 Å². The third-order valence-electron chi connectivity index (χ3n) is 2.94. The summed E-state index contributed by atoms with van der Waals surface area (Å²) in [4.78, 5) is 12.8. The van der Waals surface area contributed by atoms with Crippen LogP contribution in [0.5, 0.6) is 0 Å². The van der Waals surface area contributed by atoms with Crippen molar-refractivity contribution in [3.05, 3.63) is 41.3 Å². The number of nitrogens with one attached hydrogen (secondary N) is 1. The molecule has 1 aromatic heterocycles. The summed E-state index contributed by atoms with van der Waals surface area (Å²) in [7, 11) is -3.96. The molecule has 1 heterocycles. The SMILES string of the molecule is Cc1ccccc1SCC(=O)NS(=O)(=O)c1c(C)noc1C. The van der Waals surface area contributed by atoms with E-state index in [9.17, 15) is 13.2 Å². The number of sulfonamides is 1. The Kier molecular flexibility index (Phi) is 4.92. The van der Waals surface area contributed by atoms with Crippen LogP contribution in [-0.2, 0) is 14.8 Å². The molecule has 0 radical (unpaired) electrons. The van der Waals surface area contributed by atoms with Crippen molar-refractivity contribution in [3.8, 4) is 0 Å². The van der Waals surface area contributed by atoms with Gasteiger partial charge >= 0.3 is 0 Å². The van der Waals surface area contributed by atoms with Crippen LogP contribution in [0.1, 0.15) is 17.0 Å². The van der Waals surface area contributed by atoms with Crippen molar-refractivity contribution in [2.24, 2.45) is 0 Å². The summed E-state index contributed by atoms with van der Waals surface area (Å²) >= 11 is 1.29. The van der Waals surface area contributed by atoms with Crippen LogP contribution in [0.2, 0.25) is 0 Å². The number of amides is 1. The monoisotopic (exact) mass is 340 g/mol. The minimum absolute atomic E-state index is 0.00740. The quantitative estimate of drug-likeness (QED) is 0.839. The van der Waals surface area contributed by atoms with Gasteiger partial charge in [-0.25, -0.2) is 13.1 Å². The van der Waals surface area contributed by atoms with Gasteiger partial charge in [-0.05, 0) is 32.4 Å². The van der Waals surface area contributed by atoms with E-state index in [1.54, 1.807) is 0 Å². The molecule has 0 unspecified atom stereocenters. The lowest BCUT2D eigenvalue weighted by Crippen LogP contribution is -2.32. The lowest BCUT2D eigenvalue weighted by molar-refractivity contribution is -0.116. The minimum Gasteiger partial charge on any atom is -0.360 e. The summed E-state index contributed by atoms with van der Waals surface area (Å²) in [6, 6.07) is 7.59. The molecule has 0 spiro atoms. The van der Waals surface area contributed by atoms with E-state index in [-0.39, 0.29) is 22.1 Å². The first kappa shape index (κ1) is 16.6. The molecule has 118 valence electrons. The van der Waals surface area contributed by atoms with Gasteiger partial charge in [0.25, 0.3) is 10.0 Å². The van der Waals surface area contributed by atoms with E-state index in [1.807, 2.05) is 35.9 Å². The fraction of sp³-hybridized carbons (Fsp3) is 0.286. The van der Waals surface area contributed by atoms with Gasteiger partial charge in [-0.15, -0.1) is 11.8 Å². The zero-order valence-corrected chi connectivity index (χ0v) is 14.0. The Bertz CT molecular complexity index is 777. The Morgan fingerprint density at radius 1 is 1.27 bits per heavy atom. The fourth-order valence-corrected chi connectivity index (χ4v) is 4.19. The topological polar surface area (TPSA) is 89.3 Å². The predicted molar refractivity (Wildman–Crippen MR) is 83.2 cm³/mol. The Hall–Kier alpha value is -1.80. The number of benzene rings is 1. The summed E-state index contributed by atoms with van der Waals surface area (Å²) in [5.41, 5.74) is 1.26. The summed E-state index contributed by atoms with van der Waals surface area (Å²) in [6.07, 6.45) is 0. The second-order valence-electron chi connectivity index (χ2n) is 4.74. The summed E-state index contributed by atoms with van der Waals surface area (Å²) in [6.45, 7) is 4.93. The van der Waals surface area contributed by atoms with Crippen LogP contribution < -0.4 is 4.72 Å². The van der Waals surface area contributed by atoms with Crippen LogP contribution in [0, 0.1) is 20.8 Å². The number of thioether (sulfide) groups is 1. The number of carbonyl (C=O) groups excluding carboxylic acids is 1.